The number of amides is 1. The van der Waals surface area contributed by atoms with Gasteiger partial charge in [0.2, 0.25) is 5.91 Å². The van der Waals surface area contributed by atoms with Gasteiger partial charge < -0.3 is 19.1 Å². The van der Waals surface area contributed by atoms with E-state index in [1.54, 1.807) is 38.7 Å². The number of halogens is 1. The summed E-state index contributed by atoms with van der Waals surface area (Å²) in [6.45, 7) is 4.91. The molecule has 5 rings (SSSR count). The average Bonchev–Trinajstić information content (AvgIpc) is 3.34. The van der Waals surface area contributed by atoms with Crippen molar-refractivity contribution in [3.63, 3.8) is 0 Å². The van der Waals surface area contributed by atoms with Gasteiger partial charge in [-0.25, -0.2) is 0 Å². The predicted molar refractivity (Wildman–Crippen MR) is 143 cm³/mol. The molecule has 0 unspecified atom stereocenters. The number of ether oxygens (including phenoxy) is 3. The monoisotopic (exact) mass is 518 g/mol. The van der Waals surface area contributed by atoms with Gasteiger partial charge in [0, 0.05) is 24.8 Å². The van der Waals surface area contributed by atoms with Crippen molar-refractivity contribution in [2.45, 2.75) is 18.9 Å². The Kier molecular flexibility index (Phi) is 7.01. The minimum Gasteiger partial charge on any atom is -0.495 e. The number of rotatable bonds is 7. The van der Waals surface area contributed by atoms with E-state index in [4.69, 9.17) is 30.9 Å². The van der Waals surface area contributed by atoms with E-state index in [0.717, 1.165) is 35.0 Å². The fourth-order valence-electron chi connectivity index (χ4n) is 4.70. The number of likely N-dealkylation sites (tertiary alicyclic amines) is 1. The third kappa shape index (κ3) is 4.72. The van der Waals surface area contributed by atoms with Crippen molar-refractivity contribution in [1.82, 2.24) is 19.7 Å². The lowest BCUT2D eigenvalue weighted by Gasteiger charge is -2.32. The van der Waals surface area contributed by atoms with Crippen molar-refractivity contribution in [3.8, 4) is 34.3 Å². The van der Waals surface area contributed by atoms with Gasteiger partial charge in [0.15, 0.2) is 5.75 Å². The second kappa shape index (κ2) is 10.5. The Hall–Kier alpha value is -4.04. The molecule has 3 heterocycles. The van der Waals surface area contributed by atoms with Crippen molar-refractivity contribution < 1.29 is 19.0 Å². The highest BCUT2D eigenvalue weighted by Gasteiger charge is 2.28. The summed E-state index contributed by atoms with van der Waals surface area (Å²) >= 11 is 6.38. The summed E-state index contributed by atoms with van der Waals surface area (Å²) in [6.07, 6.45) is 6.63. The van der Waals surface area contributed by atoms with Crippen LogP contribution in [-0.2, 0) is 4.79 Å². The molecule has 8 nitrogen and oxygen atoms in total. The highest BCUT2D eigenvalue weighted by atomic mass is 35.5. The lowest BCUT2D eigenvalue weighted by atomic mass is 10.1. The van der Waals surface area contributed by atoms with Gasteiger partial charge >= 0.3 is 0 Å². The number of carbonyl (C=O) groups is 1. The van der Waals surface area contributed by atoms with Crippen LogP contribution < -0.4 is 14.2 Å². The zero-order chi connectivity index (χ0) is 25.9. The van der Waals surface area contributed by atoms with Crippen LogP contribution in [0, 0.1) is 0 Å². The van der Waals surface area contributed by atoms with E-state index in [-0.39, 0.29) is 11.9 Å². The lowest BCUT2D eigenvalue weighted by Crippen LogP contribution is -2.40. The second-order valence-electron chi connectivity index (χ2n) is 8.71. The van der Waals surface area contributed by atoms with Crippen LogP contribution in [0.15, 0.2) is 67.5 Å². The standard InChI is InChI=1S/C28H27ClN4O4/c1-4-25(34)32-14-6-7-19(17-32)33-28-21(15-30-16-24(28)36-3)27(31-33)18-10-12-20(13-11-18)37-23-9-5-8-22(35-2)26(23)29/h4-5,8-13,15-16,19H,1,6-7,14,17H2,2-3H3/t19-/m1/s1. The van der Waals surface area contributed by atoms with E-state index in [9.17, 15) is 4.79 Å². The van der Waals surface area contributed by atoms with E-state index < -0.39 is 0 Å². The molecule has 0 aliphatic carbocycles. The van der Waals surface area contributed by atoms with Crippen molar-refractivity contribution in [3.05, 3.63) is 72.5 Å². The molecule has 0 bridgehead atoms. The Bertz CT molecular complexity index is 1450. The van der Waals surface area contributed by atoms with Crippen LogP contribution in [0.5, 0.6) is 23.0 Å². The Morgan fingerprint density at radius 2 is 1.84 bits per heavy atom. The summed E-state index contributed by atoms with van der Waals surface area (Å²) in [5.41, 5.74) is 2.53. The number of hydrogen-bond donors (Lipinski definition) is 0. The molecule has 1 aliphatic rings. The third-order valence-electron chi connectivity index (χ3n) is 6.53. The average molecular weight is 519 g/mol. The van der Waals surface area contributed by atoms with Gasteiger partial charge in [0.05, 0.1) is 31.8 Å². The van der Waals surface area contributed by atoms with Gasteiger partial charge in [0.25, 0.3) is 0 Å². The number of fused-ring (bicyclic) bond motifs is 1. The first-order chi connectivity index (χ1) is 18.0. The second-order valence-corrected chi connectivity index (χ2v) is 9.09. The van der Waals surface area contributed by atoms with Crippen LogP contribution in [0.25, 0.3) is 22.2 Å². The molecular weight excluding hydrogens is 492 g/mol. The largest absolute Gasteiger partial charge is 0.495 e. The van der Waals surface area contributed by atoms with Gasteiger partial charge in [-0.1, -0.05) is 24.2 Å². The highest BCUT2D eigenvalue weighted by molar-refractivity contribution is 6.33. The molecule has 190 valence electrons. The first-order valence-electron chi connectivity index (χ1n) is 12.0. The van der Waals surface area contributed by atoms with Gasteiger partial charge in [0.1, 0.15) is 33.5 Å². The van der Waals surface area contributed by atoms with Gasteiger partial charge in [-0.15, -0.1) is 0 Å². The summed E-state index contributed by atoms with van der Waals surface area (Å²) in [6, 6.07) is 13.0. The number of carbonyl (C=O) groups excluding carboxylic acids is 1. The number of benzene rings is 2. The molecule has 1 saturated heterocycles. The highest BCUT2D eigenvalue weighted by Crippen LogP contribution is 2.39. The minimum atomic E-state index is -0.0678. The normalized spacial score (nSPS) is 15.4. The molecule has 1 aliphatic heterocycles. The molecule has 9 heteroatoms. The zero-order valence-electron chi connectivity index (χ0n) is 20.7. The van der Waals surface area contributed by atoms with Crippen molar-refractivity contribution >= 4 is 28.4 Å². The summed E-state index contributed by atoms with van der Waals surface area (Å²) < 4.78 is 18.9. The summed E-state index contributed by atoms with van der Waals surface area (Å²) in [5.74, 6) is 2.25. The molecule has 1 fully saturated rings. The Morgan fingerprint density at radius 3 is 2.57 bits per heavy atom. The maximum absolute atomic E-state index is 12.3. The fourth-order valence-corrected chi connectivity index (χ4v) is 4.94. The number of aromatic nitrogens is 3. The molecular formula is C28H27ClN4O4. The van der Waals surface area contributed by atoms with Crippen molar-refractivity contribution in [2.75, 3.05) is 27.3 Å². The molecule has 0 radical (unpaired) electrons. The first-order valence-corrected chi connectivity index (χ1v) is 12.3. The first kappa shape index (κ1) is 24.6. The van der Waals surface area contributed by atoms with Crippen molar-refractivity contribution in [1.29, 1.82) is 0 Å². The van der Waals surface area contributed by atoms with Crippen LogP contribution in [0.2, 0.25) is 5.02 Å². The lowest BCUT2D eigenvalue weighted by molar-refractivity contribution is -0.127. The molecule has 0 saturated carbocycles. The predicted octanol–water partition coefficient (Wildman–Crippen LogP) is 5.91. The quantitative estimate of drug-likeness (QED) is 0.283. The Balaban J connectivity index is 1.50. The number of nitrogens with zero attached hydrogens (tertiary/aromatic N) is 4. The zero-order valence-corrected chi connectivity index (χ0v) is 21.4. The molecule has 1 atom stereocenters. The number of piperidine rings is 1. The maximum Gasteiger partial charge on any atom is 0.246 e. The smallest absolute Gasteiger partial charge is 0.246 e. The van der Waals surface area contributed by atoms with Crippen molar-refractivity contribution in [2.24, 2.45) is 0 Å². The molecule has 4 aromatic rings. The van der Waals surface area contributed by atoms with Crippen LogP contribution in [-0.4, -0.2) is 52.9 Å². The van der Waals surface area contributed by atoms with E-state index in [0.29, 0.717) is 41.1 Å². The van der Waals surface area contributed by atoms with Crippen LogP contribution in [0.4, 0.5) is 0 Å². The third-order valence-corrected chi connectivity index (χ3v) is 6.90. The van der Waals surface area contributed by atoms with Crippen LogP contribution in [0.3, 0.4) is 0 Å². The fraction of sp³-hybridized carbons (Fsp3) is 0.250. The number of pyridine rings is 1. The topological polar surface area (TPSA) is 78.7 Å². The maximum atomic E-state index is 12.3. The number of methoxy groups -OCH3 is 2. The van der Waals surface area contributed by atoms with Gasteiger partial charge in [-0.2, -0.15) is 5.10 Å². The summed E-state index contributed by atoms with van der Waals surface area (Å²) in [5, 5.41) is 6.30. The Labute approximate surface area is 220 Å². The van der Waals surface area contributed by atoms with Crippen LogP contribution in [0.1, 0.15) is 18.9 Å². The molecule has 2 aromatic heterocycles. The molecule has 0 N–H and O–H groups in total. The molecule has 1 amide bonds. The molecule has 2 aromatic carbocycles. The minimum absolute atomic E-state index is 0.00279. The molecule has 0 spiro atoms. The SMILES string of the molecule is C=CC(=O)N1CCC[C@@H](n2nc(-c3ccc(Oc4cccc(OC)c4Cl)cc3)c3cncc(OC)c32)C1. The van der Waals surface area contributed by atoms with E-state index in [1.165, 1.54) is 6.08 Å². The summed E-state index contributed by atoms with van der Waals surface area (Å²) in [4.78, 5) is 18.5. The van der Waals surface area contributed by atoms with Gasteiger partial charge in [-0.05, 0) is 55.3 Å². The van der Waals surface area contributed by atoms with Crippen LogP contribution >= 0.6 is 11.6 Å². The Morgan fingerprint density at radius 1 is 1.08 bits per heavy atom. The van der Waals surface area contributed by atoms with E-state index in [2.05, 4.69) is 11.6 Å². The van der Waals surface area contributed by atoms with E-state index in [1.807, 2.05) is 39.9 Å². The van der Waals surface area contributed by atoms with E-state index >= 15 is 0 Å². The summed E-state index contributed by atoms with van der Waals surface area (Å²) in [7, 11) is 3.19. The van der Waals surface area contributed by atoms with Gasteiger partial charge in [-0.3, -0.25) is 14.5 Å². The number of hydrogen-bond acceptors (Lipinski definition) is 6. The molecule has 37 heavy (non-hydrogen) atoms.